The van der Waals surface area contributed by atoms with Gasteiger partial charge in [-0.3, -0.25) is 4.57 Å². The summed E-state index contributed by atoms with van der Waals surface area (Å²) in [5.74, 6) is 0. The Hall–Kier alpha value is -2.28. The molecule has 1 fully saturated rings. The summed E-state index contributed by atoms with van der Waals surface area (Å²) in [6.45, 7) is 0. The fraction of sp³-hybridized carbons (Fsp3) is 0.231. The Morgan fingerprint density at radius 3 is 2.71 bits per heavy atom. The van der Waals surface area contributed by atoms with Gasteiger partial charge in [0, 0.05) is 11.6 Å². The minimum atomic E-state index is -1.01. The molecule has 1 N–H and O–H groups in total. The lowest BCUT2D eigenvalue weighted by Crippen LogP contribution is -2.06. The highest BCUT2D eigenvalue weighted by Gasteiger charge is 2.46. The molecule has 3 rings (SSSR count). The van der Waals surface area contributed by atoms with Gasteiger partial charge >= 0.3 is 6.09 Å². The van der Waals surface area contributed by atoms with Gasteiger partial charge in [0.1, 0.15) is 0 Å². The summed E-state index contributed by atoms with van der Waals surface area (Å²) in [5, 5.41) is 19.2. The third-order valence-electron chi connectivity index (χ3n) is 3.40. The number of carboxylic acid groups (broad SMARTS) is 1. The topological polar surface area (TPSA) is 66.0 Å². The van der Waals surface area contributed by atoms with Gasteiger partial charge in [0.05, 0.1) is 17.0 Å². The Bertz CT molecular complexity index is 660. The predicted octanol–water partition coefficient (Wildman–Crippen LogP) is 2.72. The van der Waals surface area contributed by atoms with Crippen LogP contribution in [-0.2, 0) is 5.41 Å². The summed E-state index contributed by atoms with van der Waals surface area (Å²) < 4.78 is 1.20. The fourth-order valence-corrected chi connectivity index (χ4v) is 2.29. The van der Waals surface area contributed by atoms with Gasteiger partial charge in [0.25, 0.3) is 0 Å². The molecular weight excluding hydrogens is 216 g/mol. The van der Waals surface area contributed by atoms with Crippen molar-refractivity contribution in [2.24, 2.45) is 0 Å². The van der Waals surface area contributed by atoms with Gasteiger partial charge in [0.2, 0.25) is 0 Å². The van der Waals surface area contributed by atoms with Crippen LogP contribution in [0.1, 0.15) is 18.4 Å². The Labute approximate surface area is 97.7 Å². The van der Waals surface area contributed by atoms with E-state index in [4.69, 9.17) is 5.11 Å². The van der Waals surface area contributed by atoms with Crippen molar-refractivity contribution in [3.63, 3.8) is 0 Å². The lowest BCUT2D eigenvalue weighted by atomic mass is 9.97. The second kappa shape index (κ2) is 3.11. The van der Waals surface area contributed by atoms with E-state index in [1.165, 1.54) is 4.57 Å². The maximum Gasteiger partial charge on any atom is 0.416 e. The molecule has 0 amide bonds. The molecule has 1 heterocycles. The number of para-hydroxylation sites is 1. The van der Waals surface area contributed by atoms with E-state index in [1.54, 1.807) is 18.3 Å². The van der Waals surface area contributed by atoms with Crippen molar-refractivity contribution in [2.45, 2.75) is 18.3 Å². The third kappa shape index (κ3) is 1.26. The van der Waals surface area contributed by atoms with Crippen molar-refractivity contribution in [3.05, 3.63) is 36.0 Å². The number of fused-ring (bicyclic) bond motifs is 1. The molecule has 0 saturated heterocycles. The first-order valence-corrected chi connectivity index (χ1v) is 5.43. The van der Waals surface area contributed by atoms with Gasteiger partial charge in [-0.25, -0.2) is 4.79 Å². The van der Waals surface area contributed by atoms with Crippen LogP contribution in [0.4, 0.5) is 4.79 Å². The Morgan fingerprint density at radius 1 is 1.41 bits per heavy atom. The van der Waals surface area contributed by atoms with E-state index in [-0.39, 0.29) is 0 Å². The number of nitriles is 1. The zero-order chi connectivity index (χ0) is 12.0. The van der Waals surface area contributed by atoms with Gasteiger partial charge in [-0.1, -0.05) is 18.2 Å². The Kier molecular flexibility index (Phi) is 1.81. The summed E-state index contributed by atoms with van der Waals surface area (Å²) in [5.41, 5.74) is 1.04. The molecule has 1 aromatic heterocycles. The van der Waals surface area contributed by atoms with Gasteiger partial charge in [-0.05, 0) is 24.5 Å². The molecule has 0 bridgehead atoms. The predicted molar refractivity (Wildman–Crippen MR) is 61.9 cm³/mol. The van der Waals surface area contributed by atoms with Crippen LogP contribution in [0.2, 0.25) is 0 Å². The third-order valence-corrected chi connectivity index (χ3v) is 3.40. The number of rotatable bonds is 1. The zero-order valence-corrected chi connectivity index (χ0v) is 9.05. The second-order valence-corrected chi connectivity index (χ2v) is 4.41. The first-order valence-electron chi connectivity index (χ1n) is 5.43. The number of hydrogen-bond acceptors (Lipinski definition) is 2. The normalized spacial score (nSPS) is 16.6. The zero-order valence-electron chi connectivity index (χ0n) is 9.05. The summed E-state index contributed by atoms with van der Waals surface area (Å²) >= 11 is 0. The fourth-order valence-electron chi connectivity index (χ4n) is 2.29. The highest BCUT2D eigenvalue weighted by Crippen LogP contribution is 2.50. The van der Waals surface area contributed by atoms with Crippen LogP contribution in [0.5, 0.6) is 0 Å². The SMILES string of the molecule is N#CC1(c2cn(C(=O)O)c3ccccc23)CC1. The van der Waals surface area contributed by atoms with E-state index in [1.807, 2.05) is 12.1 Å². The first kappa shape index (κ1) is 9.91. The number of aromatic nitrogens is 1. The largest absolute Gasteiger partial charge is 0.464 e. The molecule has 4 heteroatoms. The average Bonchev–Trinajstić information content (AvgIpc) is 3.03. The monoisotopic (exact) mass is 226 g/mol. The smallest absolute Gasteiger partial charge is 0.416 e. The van der Waals surface area contributed by atoms with E-state index in [0.717, 1.165) is 23.8 Å². The molecular formula is C13H10N2O2. The lowest BCUT2D eigenvalue weighted by Gasteiger charge is -2.02. The number of nitrogens with zero attached hydrogens (tertiary/aromatic N) is 2. The molecule has 0 atom stereocenters. The summed E-state index contributed by atoms with van der Waals surface area (Å²) in [6.07, 6.45) is 2.21. The van der Waals surface area contributed by atoms with E-state index < -0.39 is 11.5 Å². The lowest BCUT2D eigenvalue weighted by molar-refractivity contribution is 0.197. The highest BCUT2D eigenvalue weighted by molar-refractivity contribution is 5.92. The standard InChI is InChI=1S/C13H10N2O2/c14-8-13(5-6-13)10-7-15(12(16)17)11-4-2-1-3-9(10)11/h1-4,7H,5-6H2,(H,16,17). The quantitative estimate of drug-likeness (QED) is 0.812. The van der Waals surface area contributed by atoms with Gasteiger partial charge in [-0.2, -0.15) is 5.26 Å². The first-order chi connectivity index (χ1) is 8.18. The molecule has 0 spiro atoms. The van der Waals surface area contributed by atoms with Crippen molar-refractivity contribution < 1.29 is 9.90 Å². The van der Waals surface area contributed by atoms with Crippen molar-refractivity contribution in [2.75, 3.05) is 0 Å². The van der Waals surface area contributed by atoms with E-state index in [9.17, 15) is 10.1 Å². The molecule has 4 nitrogen and oxygen atoms in total. The number of benzene rings is 1. The summed E-state index contributed by atoms with van der Waals surface area (Å²) in [7, 11) is 0. The molecule has 84 valence electrons. The Morgan fingerprint density at radius 2 is 2.12 bits per heavy atom. The highest BCUT2D eigenvalue weighted by atomic mass is 16.4. The Balaban J connectivity index is 2.34. The van der Waals surface area contributed by atoms with Crippen molar-refractivity contribution in [1.29, 1.82) is 5.26 Å². The molecule has 0 unspecified atom stereocenters. The van der Waals surface area contributed by atoms with Crippen LogP contribution in [-0.4, -0.2) is 15.8 Å². The molecule has 1 aliphatic carbocycles. The van der Waals surface area contributed by atoms with Crippen molar-refractivity contribution in [1.82, 2.24) is 4.57 Å². The van der Waals surface area contributed by atoms with Gasteiger partial charge in [0.15, 0.2) is 0 Å². The van der Waals surface area contributed by atoms with Crippen LogP contribution in [0.3, 0.4) is 0 Å². The molecule has 1 aromatic carbocycles. The van der Waals surface area contributed by atoms with Crippen LogP contribution >= 0.6 is 0 Å². The number of hydrogen-bond donors (Lipinski definition) is 1. The molecule has 1 saturated carbocycles. The van der Waals surface area contributed by atoms with E-state index >= 15 is 0 Å². The van der Waals surface area contributed by atoms with Crippen LogP contribution < -0.4 is 0 Å². The molecule has 2 aromatic rings. The van der Waals surface area contributed by atoms with Crippen LogP contribution in [0, 0.1) is 11.3 Å². The van der Waals surface area contributed by atoms with E-state index in [2.05, 4.69) is 6.07 Å². The molecule has 0 radical (unpaired) electrons. The summed E-state index contributed by atoms with van der Waals surface area (Å²) in [6, 6.07) is 9.62. The van der Waals surface area contributed by atoms with Crippen molar-refractivity contribution >= 4 is 17.0 Å². The van der Waals surface area contributed by atoms with Gasteiger partial charge < -0.3 is 5.11 Å². The van der Waals surface area contributed by atoms with Gasteiger partial charge in [-0.15, -0.1) is 0 Å². The average molecular weight is 226 g/mol. The summed E-state index contributed by atoms with van der Waals surface area (Å²) in [4.78, 5) is 11.1. The number of carbonyl (C=O) groups is 1. The maximum atomic E-state index is 11.1. The molecule has 17 heavy (non-hydrogen) atoms. The minimum absolute atomic E-state index is 0.458. The van der Waals surface area contributed by atoms with Crippen molar-refractivity contribution in [3.8, 4) is 6.07 Å². The molecule has 1 aliphatic rings. The van der Waals surface area contributed by atoms with Crippen LogP contribution in [0.15, 0.2) is 30.5 Å². The maximum absolute atomic E-state index is 11.1. The molecule has 0 aliphatic heterocycles. The second-order valence-electron chi connectivity index (χ2n) is 4.41. The van der Waals surface area contributed by atoms with Crippen LogP contribution in [0.25, 0.3) is 10.9 Å². The minimum Gasteiger partial charge on any atom is -0.464 e. The van der Waals surface area contributed by atoms with E-state index in [0.29, 0.717) is 5.52 Å².